The molecular formula is C16H19N3OS. The lowest BCUT2D eigenvalue weighted by molar-refractivity contribution is 0.0763. The fourth-order valence-corrected chi connectivity index (χ4v) is 3.50. The van der Waals surface area contributed by atoms with Crippen molar-refractivity contribution < 1.29 is 4.79 Å². The largest absolute Gasteiger partial charge is 0.373 e. The number of nitrogens with zero attached hydrogens (tertiary/aromatic N) is 2. The highest BCUT2D eigenvalue weighted by Gasteiger charge is 2.19. The van der Waals surface area contributed by atoms with Gasteiger partial charge in [0.05, 0.1) is 0 Å². The molecule has 0 atom stereocenters. The van der Waals surface area contributed by atoms with E-state index in [1.54, 1.807) is 0 Å². The zero-order valence-corrected chi connectivity index (χ0v) is 12.9. The molecule has 0 radical (unpaired) electrons. The molecule has 0 unspecified atom stereocenters. The molecule has 0 aliphatic carbocycles. The van der Waals surface area contributed by atoms with E-state index in [2.05, 4.69) is 10.3 Å². The Morgan fingerprint density at radius 1 is 1.29 bits per heavy atom. The van der Waals surface area contributed by atoms with Gasteiger partial charge in [0.25, 0.3) is 5.91 Å². The topological polar surface area (TPSA) is 45.2 Å². The third-order valence-corrected chi connectivity index (χ3v) is 4.75. The number of anilines is 1. The number of hydrogen-bond donors (Lipinski definition) is 1. The van der Waals surface area contributed by atoms with Crippen molar-refractivity contribution in [1.29, 1.82) is 0 Å². The van der Waals surface area contributed by atoms with Gasteiger partial charge < -0.3 is 10.2 Å². The second-order valence-corrected chi connectivity index (χ2v) is 6.31. The number of thioether (sulfide) groups is 1. The molecule has 5 heteroatoms. The first-order chi connectivity index (χ1) is 10.3. The van der Waals surface area contributed by atoms with Crippen LogP contribution in [0.5, 0.6) is 0 Å². The number of aromatic nitrogens is 1. The third kappa shape index (κ3) is 2.97. The summed E-state index contributed by atoms with van der Waals surface area (Å²) < 4.78 is 0. The summed E-state index contributed by atoms with van der Waals surface area (Å²) in [5.74, 6) is 2.95. The van der Waals surface area contributed by atoms with E-state index in [4.69, 9.17) is 0 Å². The van der Waals surface area contributed by atoms with Crippen LogP contribution in [0.4, 0.5) is 5.82 Å². The predicted molar refractivity (Wildman–Crippen MR) is 89.1 cm³/mol. The van der Waals surface area contributed by atoms with Crippen molar-refractivity contribution in [1.82, 2.24) is 9.88 Å². The normalized spacial score (nSPS) is 15.8. The number of carbonyl (C=O) groups excluding carboxylic acids is 1. The molecule has 1 aromatic heterocycles. The van der Waals surface area contributed by atoms with Gasteiger partial charge in [0.1, 0.15) is 11.5 Å². The molecule has 21 heavy (non-hydrogen) atoms. The van der Waals surface area contributed by atoms with Gasteiger partial charge in [-0.15, -0.1) is 0 Å². The second-order valence-electron chi connectivity index (χ2n) is 5.09. The van der Waals surface area contributed by atoms with Gasteiger partial charge in [-0.25, -0.2) is 4.98 Å². The lowest BCUT2D eigenvalue weighted by Crippen LogP contribution is -2.33. The maximum absolute atomic E-state index is 12.7. The smallest absolute Gasteiger partial charge is 0.272 e. The van der Waals surface area contributed by atoms with Crippen LogP contribution in [-0.2, 0) is 0 Å². The molecular weight excluding hydrogens is 282 g/mol. The minimum Gasteiger partial charge on any atom is -0.373 e. The zero-order valence-electron chi connectivity index (χ0n) is 12.1. The van der Waals surface area contributed by atoms with Gasteiger partial charge in [0.2, 0.25) is 0 Å². The maximum atomic E-state index is 12.7. The number of carbonyl (C=O) groups is 1. The highest BCUT2D eigenvalue weighted by atomic mass is 32.2. The van der Waals surface area contributed by atoms with Crippen molar-refractivity contribution in [2.75, 3.05) is 37.0 Å². The molecule has 1 N–H and O–H groups in total. The Bertz CT molecular complexity index is 651. The van der Waals surface area contributed by atoms with E-state index >= 15 is 0 Å². The number of pyridine rings is 1. The van der Waals surface area contributed by atoms with Gasteiger partial charge in [-0.1, -0.05) is 24.3 Å². The Kier molecular flexibility index (Phi) is 4.29. The molecule has 3 rings (SSSR count). The highest BCUT2D eigenvalue weighted by molar-refractivity contribution is 7.99. The zero-order chi connectivity index (χ0) is 14.7. The van der Waals surface area contributed by atoms with Crippen LogP contribution in [0.3, 0.4) is 0 Å². The standard InChI is InChI=1S/C16H19N3OS/c1-17-15-13-6-3-2-5-12(13)11-14(18-15)16(20)19-7-4-9-21-10-8-19/h2-3,5-6,11H,4,7-10H2,1H3,(H,17,18). The molecule has 0 spiro atoms. The molecule has 110 valence electrons. The van der Waals surface area contributed by atoms with E-state index < -0.39 is 0 Å². The average molecular weight is 301 g/mol. The minimum absolute atomic E-state index is 0.0414. The Morgan fingerprint density at radius 2 is 2.14 bits per heavy atom. The quantitative estimate of drug-likeness (QED) is 0.926. The summed E-state index contributed by atoms with van der Waals surface area (Å²) in [6.45, 7) is 1.64. The molecule has 0 saturated carbocycles. The summed E-state index contributed by atoms with van der Waals surface area (Å²) in [5, 5.41) is 5.18. The predicted octanol–water partition coefficient (Wildman–Crippen LogP) is 2.86. The van der Waals surface area contributed by atoms with Crippen molar-refractivity contribution in [3.05, 3.63) is 36.0 Å². The number of hydrogen-bond acceptors (Lipinski definition) is 4. The maximum Gasteiger partial charge on any atom is 0.272 e. The van der Waals surface area contributed by atoms with E-state index in [1.807, 2.05) is 54.0 Å². The Hall–Kier alpha value is -1.75. The summed E-state index contributed by atoms with van der Waals surface area (Å²) in [7, 11) is 1.84. The van der Waals surface area contributed by atoms with Gasteiger partial charge in [-0.05, 0) is 23.6 Å². The van der Waals surface area contributed by atoms with Crippen LogP contribution in [0, 0.1) is 0 Å². The summed E-state index contributed by atoms with van der Waals surface area (Å²) in [4.78, 5) is 19.1. The van der Waals surface area contributed by atoms with E-state index in [-0.39, 0.29) is 5.91 Å². The molecule has 1 aromatic carbocycles. The lowest BCUT2D eigenvalue weighted by Gasteiger charge is -2.20. The number of benzene rings is 1. The van der Waals surface area contributed by atoms with Crippen LogP contribution in [0.2, 0.25) is 0 Å². The highest BCUT2D eigenvalue weighted by Crippen LogP contribution is 2.23. The van der Waals surface area contributed by atoms with E-state index in [9.17, 15) is 4.79 Å². The van der Waals surface area contributed by atoms with Crippen molar-refractivity contribution in [2.24, 2.45) is 0 Å². The van der Waals surface area contributed by atoms with Crippen LogP contribution in [0.15, 0.2) is 30.3 Å². The third-order valence-electron chi connectivity index (χ3n) is 3.71. The fourth-order valence-electron chi connectivity index (χ4n) is 2.61. The van der Waals surface area contributed by atoms with E-state index in [0.717, 1.165) is 47.6 Å². The molecule has 1 fully saturated rings. The SMILES string of the molecule is CNc1nc(C(=O)N2CCCSCC2)cc2ccccc12. The molecule has 2 aromatic rings. The molecule has 0 bridgehead atoms. The van der Waals surface area contributed by atoms with Crippen LogP contribution in [-0.4, -0.2) is 47.4 Å². The van der Waals surface area contributed by atoms with Gasteiger partial charge in [0, 0.05) is 31.3 Å². The van der Waals surface area contributed by atoms with E-state index in [1.165, 1.54) is 0 Å². The van der Waals surface area contributed by atoms with Crippen LogP contribution in [0.25, 0.3) is 10.8 Å². The van der Waals surface area contributed by atoms with Crippen molar-refractivity contribution in [3.63, 3.8) is 0 Å². The Labute approximate surface area is 128 Å². The van der Waals surface area contributed by atoms with E-state index in [0.29, 0.717) is 5.69 Å². The molecule has 4 nitrogen and oxygen atoms in total. The summed E-state index contributed by atoms with van der Waals surface area (Å²) in [6.07, 6.45) is 1.06. The summed E-state index contributed by atoms with van der Waals surface area (Å²) in [5.41, 5.74) is 0.532. The van der Waals surface area contributed by atoms with Gasteiger partial charge in [-0.2, -0.15) is 11.8 Å². The van der Waals surface area contributed by atoms with Crippen molar-refractivity contribution in [3.8, 4) is 0 Å². The molecule has 1 saturated heterocycles. The molecule has 1 aliphatic rings. The number of nitrogens with one attached hydrogen (secondary N) is 1. The Balaban J connectivity index is 1.97. The average Bonchev–Trinajstić information content (AvgIpc) is 2.82. The number of fused-ring (bicyclic) bond motifs is 1. The van der Waals surface area contributed by atoms with Gasteiger partial charge >= 0.3 is 0 Å². The van der Waals surface area contributed by atoms with Crippen LogP contribution < -0.4 is 5.32 Å². The van der Waals surface area contributed by atoms with Gasteiger partial charge in [-0.3, -0.25) is 4.79 Å². The monoisotopic (exact) mass is 301 g/mol. The minimum atomic E-state index is 0.0414. The lowest BCUT2D eigenvalue weighted by atomic mass is 10.1. The first-order valence-electron chi connectivity index (χ1n) is 7.24. The summed E-state index contributed by atoms with van der Waals surface area (Å²) >= 11 is 1.92. The van der Waals surface area contributed by atoms with Crippen molar-refractivity contribution in [2.45, 2.75) is 6.42 Å². The molecule has 1 amide bonds. The van der Waals surface area contributed by atoms with Crippen LogP contribution >= 0.6 is 11.8 Å². The Morgan fingerprint density at radius 3 is 3.00 bits per heavy atom. The fraction of sp³-hybridized carbons (Fsp3) is 0.375. The first-order valence-corrected chi connectivity index (χ1v) is 8.39. The summed E-state index contributed by atoms with van der Waals surface area (Å²) in [6, 6.07) is 9.91. The number of amides is 1. The molecule has 2 heterocycles. The second kappa shape index (κ2) is 6.35. The first kappa shape index (κ1) is 14.2. The molecule has 1 aliphatic heterocycles. The van der Waals surface area contributed by atoms with Crippen LogP contribution in [0.1, 0.15) is 16.9 Å². The van der Waals surface area contributed by atoms with Crippen molar-refractivity contribution >= 4 is 34.3 Å². The number of rotatable bonds is 2. The van der Waals surface area contributed by atoms with Gasteiger partial charge in [0.15, 0.2) is 0 Å².